The van der Waals surface area contributed by atoms with Crippen LogP contribution in [0, 0.1) is 0 Å². The molecule has 0 aliphatic heterocycles. The molecule has 0 amide bonds. The number of hydrogen-bond acceptors (Lipinski definition) is 4. The highest BCUT2D eigenvalue weighted by atomic mass is 16.6. The molecule has 2 rings (SSSR count). The highest BCUT2D eigenvalue weighted by molar-refractivity contribution is 5.77. The first-order valence-electron chi connectivity index (χ1n) is 7.67. The van der Waals surface area contributed by atoms with Crippen LogP contribution in [0.4, 0.5) is 0 Å². The van der Waals surface area contributed by atoms with E-state index in [4.69, 9.17) is 9.47 Å². The summed E-state index contributed by atoms with van der Waals surface area (Å²) >= 11 is 0. The molecule has 2 aromatic rings. The van der Waals surface area contributed by atoms with Gasteiger partial charge in [-0.25, -0.2) is 4.79 Å². The maximum atomic E-state index is 12.1. The summed E-state index contributed by atoms with van der Waals surface area (Å²) in [6, 6.07) is 18.5. The van der Waals surface area contributed by atoms with Crippen LogP contribution in [0.25, 0.3) is 0 Å². The Kier molecular flexibility index (Phi) is 5.90. The maximum Gasteiger partial charge on any atom is 0.338 e. The fraction of sp³-hybridized carbons (Fsp3) is 0.316. The first-order chi connectivity index (χ1) is 11.2. The first kappa shape index (κ1) is 17.2. The molecule has 0 saturated carbocycles. The second-order valence-corrected chi connectivity index (χ2v) is 5.24. The zero-order valence-electron chi connectivity index (χ0n) is 13.4. The lowest BCUT2D eigenvalue weighted by atomic mass is 9.81. The van der Waals surface area contributed by atoms with E-state index in [1.165, 1.54) is 7.11 Å². The summed E-state index contributed by atoms with van der Waals surface area (Å²) in [6.45, 7) is 2.38. The number of methoxy groups -OCH3 is 1. The minimum atomic E-state index is -1.47. The summed E-state index contributed by atoms with van der Waals surface area (Å²) in [6.07, 6.45) is -0.709. The molecule has 0 aromatic heterocycles. The third-order valence-corrected chi connectivity index (χ3v) is 3.75. The molecule has 4 nitrogen and oxygen atoms in total. The largest absolute Gasteiger partial charge is 0.467 e. The standard InChI is InChI=1S/C19H22O4/c1-3-14-23-19(17(20)18(21)22-2,15-10-6-4-7-11-15)16-12-8-5-9-13-16/h4-13,17,20H,3,14H2,1-2H3. The number of hydrogen-bond donors (Lipinski definition) is 1. The predicted molar refractivity (Wildman–Crippen MR) is 87.9 cm³/mol. The molecule has 0 aliphatic carbocycles. The van der Waals surface area contributed by atoms with Crippen LogP contribution < -0.4 is 0 Å². The van der Waals surface area contributed by atoms with Crippen molar-refractivity contribution in [2.24, 2.45) is 0 Å². The van der Waals surface area contributed by atoms with Gasteiger partial charge in [0.2, 0.25) is 0 Å². The maximum absolute atomic E-state index is 12.1. The topological polar surface area (TPSA) is 55.8 Å². The van der Waals surface area contributed by atoms with E-state index >= 15 is 0 Å². The molecule has 1 N–H and O–H groups in total. The van der Waals surface area contributed by atoms with E-state index < -0.39 is 17.7 Å². The number of esters is 1. The first-order valence-corrected chi connectivity index (χ1v) is 7.67. The molecule has 2 aromatic carbocycles. The van der Waals surface area contributed by atoms with E-state index in [1.54, 1.807) is 0 Å². The van der Waals surface area contributed by atoms with Crippen LogP contribution in [0.15, 0.2) is 60.7 Å². The Bertz CT molecular complexity index is 570. The normalized spacial score (nSPS) is 12.7. The lowest BCUT2D eigenvalue weighted by molar-refractivity contribution is -0.170. The van der Waals surface area contributed by atoms with Crippen molar-refractivity contribution in [1.29, 1.82) is 0 Å². The molecule has 4 heteroatoms. The van der Waals surface area contributed by atoms with Crippen LogP contribution in [0.3, 0.4) is 0 Å². The van der Waals surface area contributed by atoms with Gasteiger partial charge in [-0.1, -0.05) is 67.6 Å². The summed E-state index contributed by atoms with van der Waals surface area (Å²) < 4.78 is 10.9. The van der Waals surface area contributed by atoms with Crippen molar-refractivity contribution in [1.82, 2.24) is 0 Å². The van der Waals surface area contributed by atoms with Crippen molar-refractivity contribution in [3.63, 3.8) is 0 Å². The Morgan fingerprint density at radius 1 is 1.04 bits per heavy atom. The molecule has 23 heavy (non-hydrogen) atoms. The lowest BCUT2D eigenvalue weighted by Crippen LogP contribution is -2.48. The van der Waals surface area contributed by atoms with Gasteiger partial charge in [-0.05, 0) is 17.5 Å². The fourth-order valence-electron chi connectivity index (χ4n) is 2.64. The zero-order chi connectivity index (χ0) is 16.7. The van der Waals surface area contributed by atoms with E-state index in [0.717, 1.165) is 6.42 Å². The van der Waals surface area contributed by atoms with Gasteiger partial charge in [0.25, 0.3) is 0 Å². The van der Waals surface area contributed by atoms with E-state index in [2.05, 4.69) is 0 Å². The van der Waals surface area contributed by atoms with Gasteiger partial charge in [-0.2, -0.15) is 0 Å². The average molecular weight is 314 g/mol. The molecule has 0 bridgehead atoms. The molecule has 0 saturated heterocycles. The Hall–Kier alpha value is -2.17. The number of aliphatic hydroxyl groups is 1. The van der Waals surface area contributed by atoms with Crippen LogP contribution >= 0.6 is 0 Å². The molecule has 0 radical (unpaired) electrons. The SMILES string of the molecule is CCCOC(c1ccccc1)(c1ccccc1)C(O)C(=O)OC. The second-order valence-electron chi connectivity index (χ2n) is 5.24. The van der Waals surface area contributed by atoms with Gasteiger partial charge in [0, 0.05) is 6.61 Å². The van der Waals surface area contributed by atoms with Gasteiger partial charge in [0.15, 0.2) is 11.7 Å². The van der Waals surface area contributed by atoms with E-state index in [9.17, 15) is 9.90 Å². The fourth-order valence-corrected chi connectivity index (χ4v) is 2.64. The molecular weight excluding hydrogens is 292 g/mol. The van der Waals surface area contributed by atoms with Crippen LogP contribution in [0.1, 0.15) is 24.5 Å². The van der Waals surface area contributed by atoms with E-state index in [1.807, 2.05) is 67.6 Å². The summed E-state index contributed by atoms with van der Waals surface area (Å²) in [4.78, 5) is 12.1. The summed E-state index contributed by atoms with van der Waals surface area (Å²) in [5.74, 6) is -0.728. The molecule has 0 fully saturated rings. The quantitative estimate of drug-likeness (QED) is 0.798. The van der Waals surface area contributed by atoms with Gasteiger partial charge in [0.05, 0.1) is 7.11 Å². The number of carbonyl (C=O) groups is 1. The molecule has 122 valence electrons. The Labute approximate surface area is 136 Å². The van der Waals surface area contributed by atoms with Gasteiger partial charge in [-0.3, -0.25) is 0 Å². The summed E-state index contributed by atoms with van der Waals surface area (Å²) in [5.41, 5.74) is 0.112. The van der Waals surface area contributed by atoms with Gasteiger partial charge in [0.1, 0.15) is 0 Å². The molecule has 0 aliphatic rings. The van der Waals surface area contributed by atoms with E-state index in [0.29, 0.717) is 17.7 Å². The molecule has 1 unspecified atom stereocenters. The van der Waals surface area contributed by atoms with Crippen LogP contribution in [-0.4, -0.2) is 30.9 Å². The number of ether oxygens (including phenoxy) is 2. The third-order valence-electron chi connectivity index (χ3n) is 3.75. The van der Waals surface area contributed by atoms with Gasteiger partial charge < -0.3 is 14.6 Å². The second kappa shape index (κ2) is 7.90. The minimum absolute atomic E-state index is 0.401. The monoisotopic (exact) mass is 314 g/mol. The van der Waals surface area contributed by atoms with Crippen molar-refractivity contribution in [3.8, 4) is 0 Å². The van der Waals surface area contributed by atoms with Crippen molar-refractivity contribution in [2.75, 3.05) is 13.7 Å². The smallest absolute Gasteiger partial charge is 0.338 e. The number of rotatable bonds is 7. The van der Waals surface area contributed by atoms with Crippen molar-refractivity contribution < 1.29 is 19.4 Å². The predicted octanol–water partition coefficient (Wildman–Crippen LogP) is 2.89. The summed E-state index contributed by atoms with van der Waals surface area (Å²) in [5, 5.41) is 10.8. The van der Waals surface area contributed by atoms with Gasteiger partial charge >= 0.3 is 5.97 Å². The Balaban J connectivity index is 2.65. The minimum Gasteiger partial charge on any atom is -0.467 e. The van der Waals surface area contributed by atoms with Crippen LogP contribution in [-0.2, 0) is 19.9 Å². The van der Waals surface area contributed by atoms with Crippen LogP contribution in [0.2, 0.25) is 0 Å². The van der Waals surface area contributed by atoms with Crippen molar-refractivity contribution in [2.45, 2.75) is 25.0 Å². The summed E-state index contributed by atoms with van der Waals surface area (Å²) in [7, 11) is 1.26. The number of benzene rings is 2. The molecule has 0 heterocycles. The number of carbonyl (C=O) groups excluding carboxylic acids is 1. The van der Waals surface area contributed by atoms with E-state index in [-0.39, 0.29) is 0 Å². The zero-order valence-corrected chi connectivity index (χ0v) is 13.4. The van der Waals surface area contributed by atoms with Gasteiger partial charge in [-0.15, -0.1) is 0 Å². The van der Waals surface area contributed by atoms with Crippen LogP contribution in [0.5, 0.6) is 0 Å². The average Bonchev–Trinajstić information content (AvgIpc) is 2.63. The number of aliphatic hydroxyl groups excluding tert-OH is 1. The van der Waals surface area contributed by atoms with Crippen molar-refractivity contribution >= 4 is 5.97 Å². The third kappa shape index (κ3) is 3.44. The van der Waals surface area contributed by atoms with Crippen molar-refractivity contribution in [3.05, 3.63) is 71.8 Å². The molecule has 0 spiro atoms. The Morgan fingerprint density at radius 3 is 1.91 bits per heavy atom. The lowest BCUT2D eigenvalue weighted by Gasteiger charge is -2.37. The molecule has 1 atom stereocenters. The highest BCUT2D eigenvalue weighted by Gasteiger charge is 2.47. The highest BCUT2D eigenvalue weighted by Crippen LogP contribution is 2.37. The Morgan fingerprint density at radius 2 is 1.52 bits per heavy atom. The molecular formula is C19H22O4.